The van der Waals surface area contributed by atoms with Crippen LogP contribution in [-0.4, -0.2) is 19.9 Å². The minimum Gasteiger partial charge on any atom is -0.437 e. The van der Waals surface area contributed by atoms with Crippen molar-refractivity contribution in [1.29, 1.82) is 0 Å². The number of fused-ring (bicyclic) bond motifs is 12. The number of hydrogen-bond acceptors (Lipinski definition) is 8. The van der Waals surface area contributed by atoms with Crippen molar-refractivity contribution in [3.05, 3.63) is 238 Å². The Morgan fingerprint density at radius 3 is 0.879 bits per heavy atom. The Morgan fingerprint density at radius 1 is 0.302 bits per heavy atom. The Labute approximate surface area is 688 Å². The molecule has 0 spiro atoms. The van der Waals surface area contributed by atoms with E-state index in [1.54, 1.807) is 0 Å². The zero-order valence-corrected chi connectivity index (χ0v) is 74.1. The Bertz CT molecular complexity index is 6320. The van der Waals surface area contributed by atoms with E-state index in [1.165, 1.54) is 72.8 Å². The Balaban J connectivity index is 0.000000135. The summed E-state index contributed by atoms with van der Waals surface area (Å²) in [5, 5.41) is 8.88. The van der Waals surface area contributed by atoms with Gasteiger partial charge in [-0.2, -0.15) is 0 Å². The first-order valence-electron chi connectivity index (χ1n) is 42.2. The van der Waals surface area contributed by atoms with Crippen molar-refractivity contribution in [2.75, 3.05) is 0 Å². The van der Waals surface area contributed by atoms with Gasteiger partial charge in [0.15, 0.2) is 47.1 Å². The Morgan fingerprint density at radius 2 is 0.578 bits per heavy atom. The van der Waals surface area contributed by atoms with Crippen LogP contribution in [0, 0.1) is 62.7 Å². The summed E-state index contributed by atoms with van der Waals surface area (Å²) in [6.07, 6.45) is 14.8. The minimum absolute atomic E-state index is 0.0104. The van der Waals surface area contributed by atoms with E-state index in [0.717, 1.165) is 166 Å². The summed E-state index contributed by atoms with van der Waals surface area (Å²) < 4.78 is 34.3. The van der Waals surface area contributed by atoms with Crippen LogP contribution in [-0.2, 0) is 72.1 Å². The molecule has 12 aromatic heterocycles. The van der Waals surface area contributed by atoms with Gasteiger partial charge in [-0.3, -0.25) is 0 Å². The van der Waals surface area contributed by atoms with Crippen LogP contribution < -0.4 is 18.3 Å². The average Bonchev–Trinajstić information content (AvgIpc) is 1.61. The van der Waals surface area contributed by atoms with Gasteiger partial charge in [0.05, 0.1) is 22.3 Å². The van der Waals surface area contributed by atoms with Gasteiger partial charge in [-0.25, -0.2) is 38.2 Å². The van der Waals surface area contributed by atoms with Crippen LogP contribution in [0.2, 0.25) is 0 Å². The van der Waals surface area contributed by atoms with E-state index < -0.39 is 0 Å². The Kier molecular flexibility index (Phi) is 24.3. The van der Waals surface area contributed by atoms with Crippen molar-refractivity contribution < 1.29 is 35.9 Å². The molecular formula is C104H124N8O4+4. The molecule has 0 amide bonds. The van der Waals surface area contributed by atoms with Gasteiger partial charge in [0, 0.05) is 120 Å². The predicted octanol–water partition coefficient (Wildman–Crippen LogP) is 25.1. The van der Waals surface area contributed by atoms with Crippen LogP contribution in [0.15, 0.2) is 188 Å². The van der Waals surface area contributed by atoms with Crippen LogP contribution in [0.4, 0.5) is 0 Å². The highest BCUT2D eigenvalue weighted by Crippen LogP contribution is 2.43. The highest BCUT2D eigenvalue weighted by Gasteiger charge is 2.29. The third-order valence-corrected chi connectivity index (χ3v) is 22.1. The number of benzene rings is 4. The summed E-state index contributed by atoms with van der Waals surface area (Å²) in [5.74, 6) is 3.46. The lowest BCUT2D eigenvalue weighted by atomic mass is 9.90. The summed E-state index contributed by atoms with van der Waals surface area (Å²) in [5.41, 5.74) is 30.8. The minimum atomic E-state index is -0.0104. The van der Waals surface area contributed by atoms with E-state index >= 15 is 0 Å². The maximum atomic E-state index is 6.43. The third-order valence-electron chi connectivity index (χ3n) is 22.1. The second-order valence-electron chi connectivity index (χ2n) is 37.7. The zero-order valence-electron chi connectivity index (χ0n) is 74.1. The fourth-order valence-corrected chi connectivity index (χ4v) is 16.4. The number of aryl methyl sites for hydroxylation is 8. The van der Waals surface area contributed by atoms with Crippen molar-refractivity contribution in [3.63, 3.8) is 0 Å². The van der Waals surface area contributed by atoms with Crippen molar-refractivity contribution >= 4 is 88.3 Å². The van der Waals surface area contributed by atoms with Crippen molar-refractivity contribution in [3.8, 4) is 45.0 Å². The average molecular weight is 1550 g/mol. The summed E-state index contributed by atoms with van der Waals surface area (Å²) in [6, 6.07) is 52.7. The molecule has 0 aliphatic heterocycles. The molecule has 12 heterocycles. The van der Waals surface area contributed by atoms with E-state index in [4.69, 9.17) is 37.6 Å². The van der Waals surface area contributed by atoms with Gasteiger partial charge in [-0.15, -0.1) is 0 Å². The molecule has 12 heteroatoms. The number of furan rings is 4. The fourth-order valence-electron chi connectivity index (χ4n) is 16.4. The zero-order chi connectivity index (χ0) is 83.3. The van der Waals surface area contributed by atoms with Gasteiger partial charge >= 0.3 is 0 Å². The van der Waals surface area contributed by atoms with Gasteiger partial charge in [-0.05, 0) is 200 Å². The van der Waals surface area contributed by atoms with Gasteiger partial charge in [0.2, 0.25) is 45.6 Å². The SMILES string of the molecule is Cc1ccc2c(oc3nc(C(C)(C)C)ccc32)c1-c1cc(CC(C)C)cc[n+]1C.Cc1ccc2c(oc3nc(C(C)C)ccc32)c1-c1cc(CC(C)C)cc[n+]1C.Cc1ccc2c(oc3nc(CC(C)(C)C)ccc32)c1-c1cc(CC(C)C)cc[n+]1C.Cc1ccc2c(oc3nc(CC(C)C)ccc32)c1-c1cc(CC(C)C)cc[n+]1C. The lowest BCUT2D eigenvalue weighted by molar-refractivity contribution is -0.660. The molecule has 0 fully saturated rings. The van der Waals surface area contributed by atoms with Crippen LogP contribution in [0.5, 0.6) is 0 Å². The molecule has 600 valence electrons. The van der Waals surface area contributed by atoms with Crippen LogP contribution in [0.3, 0.4) is 0 Å². The molecule has 0 bridgehead atoms. The van der Waals surface area contributed by atoms with Crippen LogP contribution >= 0.6 is 0 Å². The van der Waals surface area contributed by atoms with Crippen molar-refractivity contribution in [1.82, 2.24) is 19.9 Å². The second-order valence-corrected chi connectivity index (χ2v) is 37.7. The molecular weight excluding hydrogens is 1430 g/mol. The fraction of sp³-hybridized carbons (Fsp3) is 0.385. The van der Waals surface area contributed by atoms with E-state index in [0.29, 0.717) is 35.5 Å². The molecule has 0 N–H and O–H groups in total. The molecule has 0 saturated heterocycles. The van der Waals surface area contributed by atoms with E-state index in [-0.39, 0.29) is 10.8 Å². The van der Waals surface area contributed by atoms with Crippen LogP contribution in [0.25, 0.3) is 133 Å². The van der Waals surface area contributed by atoms with Gasteiger partial charge in [0.1, 0.15) is 28.2 Å². The summed E-state index contributed by atoms with van der Waals surface area (Å²) in [4.78, 5) is 19.3. The molecule has 0 atom stereocenters. The van der Waals surface area contributed by atoms with Gasteiger partial charge in [0.25, 0.3) is 0 Å². The first kappa shape index (κ1) is 83.2. The van der Waals surface area contributed by atoms with Crippen molar-refractivity contribution in [2.24, 2.45) is 63.2 Å². The summed E-state index contributed by atoms with van der Waals surface area (Å²) >= 11 is 0. The number of nitrogens with zero attached hydrogens (tertiary/aromatic N) is 8. The van der Waals surface area contributed by atoms with Gasteiger partial charge < -0.3 is 17.7 Å². The molecule has 12 nitrogen and oxygen atoms in total. The van der Waals surface area contributed by atoms with E-state index in [1.807, 2.05) is 0 Å². The Hall–Kier alpha value is -10.7. The smallest absolute Gasteiger partial charge is 0.227 e. The number of pyridine rings is 8. The topological polar surface area (TPSA) is 120 Å². The first-order chi connectivity index (χ1) is 54.9. The quantitative estimate of drug-likeness (QED) is 0.0878. The molecule has 0 unspecified atom stereocenters. The number of aromatic nitrogens is 8. The normalized spacial score (nSPS) is 12.2. The lowest BCUT2D eigenvalue weighted by Crippen LogP contribution is -2.31. The first-order valence-corrected chi connectivity index (χ1v) is 42.2. The monoisotopic (exact) mass is 1550 g/mol. The van der Waals surface area contributed by atoms with Crippen LogP contribution in [0.1, 0.15) is 198 Å². The van der Waals surface area contributed by atoms with Crippen molar-refractivity contribution in [2.45, 2.75) is 202 Å². The predicted molar refractivity (Wildman–Crippen MR) is 480 cm³/mol. The maximum Gasteiger partial charge on any atom is 0.227 e. The highest BCUT2D eigenvalue weighted by atomic mass is 16.4. The maximum absolute atomic E-state index is 6.43. The number of hydrogen-bond donors (Lipinski definition) is 0. The largest absolute Gasteiger partial charge is 0.437 e. The molecule has 116 heavy (non-hydrogen) atoms. The molecule has 0 saturated carbocycles. The lowest BCUT2D eigenvalue weighted by Gasteiger charge is -2.16. The van der Waals surface area contributed by atoms with E-state index in [2.05, 4.69) is 369 Å². The molecule has 16 rings (SSSR count). The molecule has 0 aliphatic rings. The highest BCUT2D eigenvalue weighted by molar-refractivity contribution is 6.12. The molecule has 16 aromatic rings. The van der Waals surface area contributed by atoms with E-state index in [9.17, 15) is 0 Å². The second kappa shape index (κ2) is 33.8. The molecule has 0 aliphatic carbocycles. The standard InChI is InChI=1S/C27H33N2O.2C26H31N2O.C25H29N2O/c1-17(2)14-19-12-13-29(7)23(15-19)24-18(3)8-10-21-22-11-9-20(16-27(4,5)6)28-26(22)30-25(21)24;1-16(2)14-18-12-13-28(7)21(15-18)23-17(3)8-9-19-20-10-11-22(26(4,5)6)27-25(20)29-24(19)23;1-16(2)13-19-11-12-28(6)23(15-19)24-18(5)7-9-21-22-10-8-20(14-17(3)4)27-26(22)29-25(21)24;1-15(2)13-18-11-12-27(6)22(14-18)23-17(5)7-8-19-20-9-10-21(16(3)4)26-25(20)28-24(19)23/h8-13,15,17H,14,16H2,1-7H3;8-13,15-16H,14H2,1-7H3;7-12,15-17H,13-14H2,1-6H3;7-12,14-16H,13H2,1-6H3/q4*+1. The summed E-state index contributed by atoms with van der Waals surface area (Å²) in [7, 11) is 8.42. The molecule has 4 aromatic carbocycles. The number of rotatable bonds is 16. The third kappa shape index (κ3) is 18.1. The summed E-state index contributed by atoms with van der Waals surface area (Å²) in [6.45, 7) is 48.7. The molecule has 0 radical (unpaired) electrons. The van der Waals surface area contributed by atoms with Gasteiger partial charge in [-0.1, -0.05) is 173 Å².